The monoisotopic (exact) mass is 655 g/mol. The maximum Gasteiger partial charge on any atom is 0.233 e. The van der Waals surface area contributed by atoms with Gasteiger partial charge in [-0.15, -0.1) is 31.7 Å². The maximum atomic E-state index is 10.8. The minimum Gasteiger partial charge on any atom is -0.550 e. The number of amides is 2. The van der Waals surface area contributed by atoms with Crippen molar-refractivity contribution in [3.63, 3.8) is 0 Å². The molecule has 5 aromatic rings. The van der Waals surface area contributed by atoms with Crippen LogP contribution in [0.5, 0.6) is 5.88 Å². The Labute approximate surface area is 248 Å². The number of pyridine rings is 1. The highest BCUT2D eigenvalue weighted by atomic mass is 33.1. The van der Waals surface area contributed by atoms with Gasteiger partial charge >= 0.3 is 0 Å². The number of rotatable bonds is 11. The van der Waals surface area contributed by atoms with Crippen LogP contribution in [-0.2, 0) is 33.6 Å². The number of carboxylic acids is 1. The third-order valence-corrected chi connectivity index (χ3v) is 11.4. The average Bonchev–Trinajstić information content (AvgIpc) is 3.67. The molecule has 0 aliphatic rings. The number of carbonyl (C=O) groups is 3. The second-order valence-corrected chi connectivity index (χ2v) is 15.1. The summed E-state index contributed by atoms with van der Waals surface area (Å²) in [6.07, 6.45) is -0.0298. The van der Waals surface area contributed by atoms with Gasteiger partial charge < -0.3 is 26.1 Å². The van der Waals surface area contributed by atoms with E-state index in [2.05, 4.69) is 34.7 Å². The van der Waals surface area contributed by atoms with E-state index in [0.717, 1.165) is 9.73 Å². The number of primary amides is 2. The molecule has 40 heavy (non-hydrogen) atoms. The van der Waals surface area contributed by atoms with Crippen molar-refractivity contribution >= 4 is 95.1 Å². The van der Waals surface area contributed by atoms with E-state index in [-0.39, 0.29) is 19.3 Å². The van der Waals surface area contributed by atoms with E-state index in [1.165, 1.54) is 56.6 Å². The molecule has 0 fully saturated rings. The van der Waals surface area contributed by atoms with Crippen LogP contribution in [0.15, 0.2) is 35.9 Å². The number of aromatic nitrogens is 7. The van der Waals surface area contributed by atoms with Crippen molar-refractivity contribution in [2.24, 2.45) is 11.5 Å². The number of thiazole rings is 1. The minimum atomic E-state index is -1.17. The summed E-state index contributed by atoms with van der Waals surface area (Å²) in [5, 5.41) is 31.9. The predicted molar refractivity (Wildman–Crippen MR) is 150 cm³/mol. The van der Waals surface area contributed by atoms with Crippen LogP contribution in [-0.4, -0.2) is 59.6 Å². The second kappa shape index (κ2) is 13.9. The van der Waals surface area contributed by atoms with Gasteiger partial charge in [-0.2, -0.15) is 4.98 Å². The van der Waals surface area contributed by atoms with Crippen LogP contribution in [0.2, 0.25) is 0 Å². The van der Waals surface area contributed by atoms with Gasteiger partial charge in [-0.25, -0.2) is 4.98 Å². The zero-order chi connectivity index (χ0) is 28.6. The van der Waals surface area contributed by atoms with Crippen molar-refractivity contribution < 1.29 is 24.2 Å². The first-order valence-electron chi connectivity index (χ1n) is 10.7. The van der Waals surface area contributed by atoms with E-state index < -0.39 is 27.5 Å². The average molecular weight is 656 g/mol. The largest absolute Gasteiger partial charge is 0.550 e. The summed E-state index contributed by atoms with van der Waals surface area (Å²) < 4.78 is 11.7. The van der Waals surface area contributed by atoms with Gasteiger partial charge in [0.2, 0.25) is 38.5 Å². The Morgan fingerprint density at radius 3 is 2.27 bits per heavy atom. The Morgan fingerprint density at radius 2 is 1.62 bits per heavy atom. The molecular formula is C20H17N9O5S6. The molecule has 1 unspecified atom stereocenters. The van der Waals surface area contributed by atoms with E-state index in [0.29, 0.717) is 35.9 Å². The lowest BCUT2D eigenvalue weighted by molar-refractivity contribution is -0.304. The van der Waals surface area contributed by atoms with E-state index in [1.807, 2.05) is 11.4 Å². The smallest absolute Gasteiger partial charge is 0.233 e. The highest BCUT2D eigenvalue weighted by Crippen LogP contribution is 2.40. The number of hydrogen-bond acceptors (Lipinski definition) is 17. The standard InChI is InChI=1S/C11H9N5O2S3.C9H8N4O3S3/c1-18-8-3-2-6-5-21(16-10(6)13-8)20-11-15-14-9(19-11)4-7(12)17;10-5(14)2-6-12-13-9(18-6)19-8-11-4(3-17-8)1-7(15)16/h2-3,5H,4H2,1H3,(H-,12,17);3H,1-2H2,(H2,10,14)(H,15,16). The summed E-state index contributed by atoms with van der Waals surface area (Å²) in [6.45, 7) is 0. The van der Waals surface area contributed by atoms with Crippen LogP contribution in [0, 0.1) is 0 Å². The van der Waals surface area contributed by atoms with Crippen LogP contribution in [0.3, 0.4) is 0 Å². The van der Waals surface area contributed by atoms with Gasteiger partial charge in [0, 0.05) is 23.8 Å². The number of carboxylic acid groups (broad SMARTS) is 1. The van der Waals surface area contributed by atoms with Crippen molar-refractivity contribution in [3.8, 4) is 5.88 Å². The van der Waals surface area contributed by atoms with Crippen LogP contribution >= 0.6 is 66.3 Å². The Balaban J connectivity index is 0.000000186. The zero-order valence-electron chi connectivity index (χ0n) is 20.2. The summed E-state index contributed by atoms with van der Waals surface area (Å²) in [7, 11) is 2.67. The third kappa shape index (κ3) is 8.86. The Morgan fingerprint density at radius 1 is 0.950 bits per heavy atom. The third-order valence-electron chi connectivity index (χ3n) is 4.23. The number of hydrogen-bond donors (Lipinski definition) is 2. The lowest BCUT2D eigenvalue weighted by atomic mass is 10.3. The molecule has 2 amide bonds. The van der Waals surface area contributed by atoms with Gasteiger partial charge in [-0.3, -0.25) is 9.59 Å². The number of ether oxygens (including phenoxy) is 1. The maximum absolute atomic E-state index is 10.8. The minimum absolute atomic E-state index is 0.0615. The number of nitrogens with zero attached hydrogens (tertiary/aromatic N) is 7. The number of fused-ring (bicyclic) bond motifs is 1. The molecule has 0 saturated carbocycles. The second-order valence-electron chi connectivity index (χ2n) is 7.30. The molecule has 208 valence electrons. The molecule has 0 aliphatic carbocycles. The highest BCUT2D eigenvalue weighted by Gasteiger charge is 2.20. The first-order valence-corrected chi connectivity index (χ1v) is 16.6. The van der Waals surface area contributed by atoms with Gasteiger partial charge in [0.15, 0.2) is 23.8 Å². The van der Waals surface area contributed by atoms with E-state index in [1.54, 1.807) is 18.6 Å². The quantitative estimate of drug-likeness (QED) is 0.151. The number of aliphatic carboxylic acids is 1. The topological polar surface area (TPSA) is 226 Å². The SMILES string of the molecule is COc1ccc2c[s+](Sc3nnc(CC(N)=O)s3)nc2n1.NC(=O)Cc1nnc(Sc2nc(CC(=O)[O-])cs2)s1. The highest BCUT2D eigenvalue weighted by molar-refractivity contribution is 8.45. The van der Waals surface area contributed by atoms with Crippen molar-refractivity contribution in [3.05, 3.63) is 38.6 Å². The molecular weight excluding hydrogens is 639 g/mol. The number of methoxy groups -OCH3 is 1. The Kier molecular flexibility index (Phi) is 10.3. The lowest BCUT2D eigenvalue weighted by Crippen LogP contribution is -2.24. The van der Waals surface area contributed by atoms with Crippen molar-refractivity contribution in [1.29, 1.82) is 0 Å². The lowest BCUT2D eigenvalue weighted by Gasteiger charge is -1.95. The zero-order valence-corrected chi connectivity index (χ0v) is 25.1. The first kappa shape index (κ1) is 29.7. The molecule has 20 heteroatoms. The molecule has 5 heterocycles. The van der Waals surface area contributed by atoms with Crippen LogP contribution in [0.4, 0.5) is 0 Å². The molecule has 0 spiro atoms. The molecule has 14 nitrogen and oxygen atoms in total. The van der Waals surface area contributed by atoms with Crippen molar-refractivity contribution in [1.82, 2.24) is 34.7 Å². The van der Waals surface area contributed by atoms with E-state index in [4.69, 9.17) is 16.2 Å². The van der Waals surface area contributed by atoms with Crippen molar-refractivity contribution in [2.75, 3.05) is 7.11 Å². The normalized spacial score (nSPS) is 11.2. The van der Waals surface area contributed by atoms with Crippen molar-refractivity contribution in [2.45, 2.75) is 32.3 Å². The first-order chi connectivity index (χ1) is 19.2. The van der Waals surface area contributed by atoms with Crippen LogP contribution in [0.1, 0.15) is 15.7 Å². The van der Waals surface area contributed by atoms with Gasteiger partial charge in [0.1, 0.15) is 10.0 Å². The number of nitrogens with two attached hydrogens (primary N) is 2. The van der Waals surface area contributed by atoms with Crippen LogP contribution < -0.4 is 21.3 Å². The van der Waals surface area contributed by atoms with Crippen LogP contribution in [0.25, 0.3) is 11.0 Å². The molecule has 0 aliphatic heterocycles. The summed E-state index contributed by atoms with van der Waals surface area (Å²) in [6, 6.07) is 3.73. The Bertz CT molecular complexity index is 1600. The molecule has 5 rings (SSSR count). The summed E-state index contributed by atoms with van der Waals surface area (Å²) >= 11 is 5.20. The van der Waals surface area contributed by atoms with E-state index >= 15 is 0 Å². The summed E-state index contributed by atoms with van der Waals surface area (Å²) in [5.41, 5.74) is 11.3. The van der Waals surface area contributed by atoms with E-state index in [9.17, 15) is 19.5 Å². The Hall–Kier alpha value is -3.30. The van der Waals surface area contributed by atoms with Gasteiger partial charge in [-0.05, 0) is 22.2 Å². The van der Waals surface area contributed by atoms with Gasteiger partial charge in [0.25, 0.3) is 0 Å². The molecule has 0 aromatic carbocycles. The fourth-order valence-corrected chi connectivity index (χ4v) is 9.96. The fraction of sp³-hybridized carbons (Fsp3) is 0.200. The number of carbonyl (C=O) groups excluding carboxylic acids is 3. The molecule has 0 radical (unpaired) electrons. The molecule has 5 aromatic heterocycles. The van der Waals surface area contributed by atoms with Gasteiger partial charge in [-0.1, -0.05) is 22.7 Å². The summed E-state index contributed by atoms with van der Waals surface area (Å²) in [5.74, 6) is -1.49. The predicted octanol–water partition coefficient (Wildman–Crippen LogP) is 1.29. The molecule has 0 bridgehead atoms. The molecule has 4 N–H and O–H groups in total. The molecule has 0 saturated heterocycles. The summed E-state index contributed by atoms with van der Waals surface area (Å²) in [4.78, 5) is 40.4. The molecule has 1 atom stereocenters. The van der Waals surface area contributed by atoms with Gasteiger partial charge in [0.05, 0.1) is 31.0 Å². The fourth-order valence-electron chi connectivity index (χ4n) is 2.69.